The topological polar surface area (TPSA) is 35.5 Å². The molecule has 3 nitrogen and oxygen atoms in total. The summed E-state index contributed by atoms with van der Waals surface area (Å²) in [5.41, 5.74) is -0.555. The fourth-order valence-electron chi connectivity index (χ4n) is 3.09. The predicted octanol–water partition coefficient (Wildman–Crippen LogP) is 1.93. The van der Waals surface area contributed by atoms with Gasteiger partial charge in [-0.25, -0.2) is 13.2 Å². The summed E-state index contributed by atoms with van der Waals surface area (Å²) in [4.78, 5) is 11.7. The number of benzene rings is 1. The zero-order chi connectivity index (χ0) is 13.8. The first-order valence-corrected chi connectivity index (χ1v) is 5.84. The lowest BCUT2D eigenvalue weighted by molar-refractivity contribution is -0.154. The SMILES string of the molecule is COC(=O)C1C2CC1(c1cc(F)c(F)c(F)c1)CO2. The van der Waals surface area contributed by atoms with Crippen molar-refractivity contribution in [2.75, 3.05) is 13.7 Å². The summed E-state index contributed by atoms with van der Waals surface area (Å²) in [5, 5.41) is 0. The Balaban J connectivity index is 2.04. The standard InChI is InChI=1S/C13H11F3O3/c1-18-12(17)10-9-4-13(10,5-19-9)6-2-7(14)11(16)8(15)3-6/h2-3,9-10H,4-5H2,1H3. The van der Waals surface area contributed by atoms with Crippen LogP contribution in [0.3, 0.4) is 0 Å². The van der Waals surface area contributed by atoms with Crippen molar-refractivity contribution in [1.29, 1.82) is 0 Å². The molecule has 1 aromatic rings. The van der Waals surface area contributed by atoms with Gasteiger partial charge in [-0.1, -0.05) is 0 Å². The number of hydrogen-bond acceptors (Lipinski definition) is 3. The van der Waals surface area contributed by atoms with Gasteiger partial charge in [-0.3, -0.25) is 4.79 Å². The van der Waals surface area contributed by atoms with Crippen molar-refractivity contribution in [2.45, 2.75) is 17.9 Å². The number of rotatable bonds is 2. The van der Waals surface area contributed by atoms with Gasteiger partial charge in [0.15, 0.2) is 17.5 Å². The number of hydrogen-bond donors (Lipinski definition) is 0. The maximum atomic E-state index is 13.3. The summed E-state index contributed by atoms with van der Waals surface area (Å²) in [6.45, 7) is 0.182. The van der Waals surface area contributed by atoms with E-state index in [2.05, 4.69) is 4.74 Å². The van der Waals surface area contributed by atoms with Gasteiger partial charge in [0.25, 0.3) is 0 Å². The van der Waals surface area contributed by atoms with E-state index < -0.39 is 34.8 Å². The Morgan fingerprint density at radius 3 is 2.53 bits per heavy atom. The maximum absolute atomic E-state index is 13.3. The summed E-state index contributed by atoms with van der Waals surface area (Å²) in [6, 6.07) is 1.86. The second kappa shape index (κ2) is 3.96. The highest BCUT2D eigenvalue weighted by molar-refractivity contribution is 5.78. The molecular formula is C13H11F3O3. The van der Waals surface area contributed by atoms with Crippen molar-refractivity contribution >= 4 is 5.97 Å². The average Bonchev–Trinajstić information content (AvgIpc) is 2.94. The molecule has 1 saturated carbocycles. The molecule has 1 aromatic carbocycles. The van der Waals surface area contributed by atoms with Crippen molar-refractivity contribution in [2.24, 2.45) is 5.92 Å². The molecule has 0 radical (unpaired) electrons. The van der Waals surface area contributed by atoms with Crippen LogP contribution in [0.4, 0.5) is 13.2 Å². The largest absolute Gasteiger partial charge is 0.469 e. The molecule has 0 aromatic heterocycles. The molecule has 0 spiro atoms. The second-order valence-corrected chi connectivity index (χ2v) is 4.96. The van der Waals surface area contributed by atoms with Crippen molar-refractivity contribution in [3.05, 3.63) is 35.1 Å². The molecule has 4 rings (SSSR count). The van der Waals surface area contributed by atoms with Crippen molar-refractivity contribution < 1.29 is 27.4 Å². The molecule has 2 bridgehead atoms. The van der Waals surface area contributed by atoms with Crippen LogP contribution < -0.4 is 0 Å². The number of halogens is 3. The fraction of sp³-hybridized carbons (Fsp3) is 0.462. The molecule has 6 heteroatoms. The molecule has 3 aliphatic rings. The molecule has 3 fully saturated rings. The third-order valence-corrected chi connectivity index (χ3v) is 4.10. The zero-order valence-electron chi connectivity index (χ0n) is 10.1. The second-order valence-electron chi connectivity index (χ2n) is 4.96. The van der Waals surface area contributed by atoms with Crippen LogP contribution in [0, 0.1) is 23.4 Å². The van der Waals surface area contributed by atoms with E-state index in [4.69, 9.17) is 4.74 Å². The molecule has 1 aliphatic carbocycles. The van der Waals surface area contributed by atoms with E-state index in [9.17, 15) is 18.0 Å². The van der Waals surface area contributed by atoms with E-state index in [1.165, 1.54) is 7.11 Å². The van der Waals surface area contributed by atoms with Gasteiger partial charge >= 0.3 is 5.97 Å². The van der Waals surface area contributed by atoms with Gasteiger partial charge in [0.1, 0.15) is 0 Å². The lowest BCUT2D eigenvalue weighted by atomic mass is 9.57. The molecule has 0 amide bonds. The molecule has 102 valence electrons. The van der Waals surface area contributed by atoms with Crippen molar-refractivity contribution in [1.82, 2.24) is 0 Å². The van der Waals surface area contributed by atoms with Gasteiger partial charge in [0.2, 0.25) is 0 Å². The Kier molecular flexibility index (Phi) is 2.60. The van der Waals surface area contributed by atoms with Crippen LogP contribution in [0.1, 0.15) is 12.0 Å². The molecule has 2 saturated heterocycles. The Labute approximate surface area is 107 Å². The first kappa shape index (κ1) is 12.5. The third kappa shape index (κ3) is 1.52. The molecule has 19 heavy (non-hydrogen) atoms. The van der Waals surface area contributed by atoms with Crippen LogP contribution in [0.5, 0.6) is 0 Å². The Bertz CT molecular complexity index is 533. The van der Waals surface area contributed by atoms with Gasteiger partial charge in [-0.05, 0) is 24.1 Å². The highest BCUT2D eigenvalue weighted by atomic mass is 19.2. The molecule has 3 atom stereocenters. The number of fused-ring (bicyclic) bond motifs is 1. The van der Waals surface area contributed by atoms with Gasteiger partial charge in [0, 0.05) is 5.41 Å². The predicted molar refractivity (Wildman–Crippen MR) is 57.9 cm³/mol. The quantitative estimate of drug-likeness (QED) is 0.609. The Hall–Kier alpha value is -1.56. The number of methoxy groups -OCH3 is 1. The van der Waals surface area contributed by atoms with Crippen LogP contribution in [0.2, 0.25) is 0 Å². The van der Waals surface area contributed by atoms with E-state index in [0.717, 1.165) is 12.1 Å². The smallest absolute Gasteiger partial charge is 0.312 e. The van der Waals surface area contributed by atoms with Crippen LogP contribution in [0.15, 0.2) is 12.1 Å². The fourth-order valence-corrected chi connectivity index (χ4v) is 3.09. The van der Waals surface area contributed by atoms with Gasteiger partial charge < -0.3 is 9.47 Å². The molecule has 2 heterocycles. The summed E-state index contributed by atoms with van der Waals surface area (Å²) < 4.78 is 49.7. The normalized spacial score (nSPS) is 32.0. The van der Waals surface area contributed by atoms with E-state index in [1.54, 1.807) is 0 Å². The van der Waals surface area contributed by atoms with Crippen LogP contribution in [-0.4, -0.2) is 25.8 Å². The van der Waals surface area contributed by atoms with E-state index >= 15 is 0 Å². The van der Waals surface area contributed by atoms with Gasteiger partial charge in [0.05, 0.1) is 25.7 Å². The summed E-state index contributed by atoms with van der Waals surface area (Å²) in [7, 11) is 1.25. The minimum Gasteiger partial charge on any atom is -0.469 e. The Morgan fingerprint density at radius 1 is 1.37 bits per heavy atom. The van der Waals surface area contributed by atoms with Gasteiger partial charge in [-0.2, -0.15) is 0 Å². The van der Waals surface area contributed by atoms with Crippen LogP contribution in [0.25, 0.3) is 0 Å². The van der Waals surface area contributed by atoms with Crippen LogP contribution >= 0.6 is 0 Å². The number of carbonyl (C=O) groups is 1. The lowest BCUT2D eigenvalue weighted by Crippen LogP contribution is -2.53. The van der Waals surface area contributed by atoms with Crippen molar-refractivity contribution in [3.63, 3.8) is 0 Å². The first-order chi connectivity index (χ1) is 8.99. The minimum atomic E-state index is -1.51. The molecule has 3 unspecified atom stereocenters. The zero-order valence-corrected chi connectivity index (χ0v) is 10.1. The summed E-state index contributed by atoms with van der Waals surface area (Å²) in [6.07, 6.45) is 0.195. The minimum absolute atomic E-state index is 0.182. The molecular weight excluding hydrogens is 261 g/mol. The summed E-state index contributed by atoms with van der Waals surface area (Å²) >= 11 is 0. The number of carbonyl (C=O) groups excluding carboxylic acids is 1. The Morgan fingerprint density at radius 2 is 2.00 bits per heavy atom. The maximum Gasteiger partial charge on any atom is 0.312 e. The third-order valence-electron chi connectivity index (χ3n) is 4.10. The monoisotopic (exact) mass is 272 g/mol. The number of ether oxygens (including phenoxy) is 2. The number of esters is 1. The summed E-state index contributed by atoms with van der Waals surface area (Å²) in [5.74, 6) is -5.09. The first-order valence-electron chi connectivity index (χ1n) is 5.84. The van der Waals surface area contributed by atoms with E-state index in [1.807, 2.05) is 0 Å². The van der Waals surface area contributed by atoms with Crippen molar-refractivity contribution in [3.8, 4) is 0 Å². The molecule has 2 aliphatic heterocycles. The van der Waals surface area contributed by atoms with Crippen LogP contribution in [-0.2, 0) is 19.7 Å². The molecule has 0 N–H and O–H groups in total. The highest BCUT2D eigenvalue weighted by Gasteiger charge is 2.65. The van der Waals surface area contributed by atoms with E-state index in [0.29, 0.717) is 6.42 Å². The van der Waals surface area contributed by atoms with Gasteiger partial charge in [-0.15, -0.1) is 0 Å². The van der Waals surface area contributed by atoms with E-state index in [-0.39, 0.29) is 18.3 Å². The highest BCUT2D eigenvalue weighted by Crippen LogP contribution is 2.57. The average molecular weight is 272 g/mol. The lowest BCUT2D eigenvalue weighted by Gasteiger charge is -2.43.